The number of aliphatic hydroxyl groups excluding tert-OH is 1. The van der Waals surface area contributed by atoms with Crippen LogP contribution in [-0.2, 0) is 40.1 Å². The van der Waals surface area contributed by atoms with E-state index in [0.29, 0.717) is 19.4 Å². The lowest BCUT2D eigenvalue weighted by Crippen LogP contribution is -2.62. The van der Waals surface area contributed by atoms with Crippen LogP contribution in [0.3, 0.4) is 0 Å². The zero-order valence-corrected chi connectivity index (χ0v) is 30.4. The van der Waals surface area contributed by atoms with Crippen LogP contribution in [0.4, 0.5) is 4.79 Å². The van der Waals surface area contributed by atoms with E-state index < -0.39 is 65.7 Å². The van der Waals surface area contributed by atoms with Gasteiger partial charge in [-0.3, -0.25) is 28.9 Å². The molecule has 0 unspecified atom stereocenters. The van der Waals surface area contributed by atoms with Gasteiger partial charge >= 0.3 is 12.1 Å². The van der Waals surface area contributed by atoms with E-state index in [0.717, 1.165) is 5.56 Å². The molecule has 1 aromatic carbocycles. The van der Waals surface area contributed by atoms with Gasteiger partial charge < -0.3 is 35.4 Å². The molecule has 0 saturated carbocycles. The smallest absolute Gasteiger partial charge is 0.410 e. The van der Waals surface area contributed by atoms with E-state index in [-0.39, 0.29) is 56.7 Å². The lowest BCUT2D eigenvalue weighted by molar-refractivity contribution is -0.155. The summed E-state index contributed by atoms with van der Waals surface area (Å²) in [7, 11) is 0. The van der Waals surface area contributed by atoms with Crippen LogP contribution in [0.25, 0.3) is 0 Å². The van der Waals surface area contributed by atoms with Crippen LogP contribution >= 0.6 is 0 Å². The van der Waals surface area contributed by atoms with E-state index in [1.54, 1.807) is 34.6 Å². The second kappa shape index (κ2) is 18.2. The molecule has 2 heterocycles. The molecule has 2 fully saturated rings. The van der Waals surface area contributed by atoms with Crippen LogP contribution in [-0.4, -0.2) is 106 Å². The number of amides is 5. The molecule has 4 atom stereocenters. The van der Waals surface area contributed by atoms with E-state index in [4.69, 9.17) is 9.47 Å². The number of carbonyl (C=O) groups excluding carboxylic acids is 6. The minimum atomic E-state index is -1.24. The van der Waals surface area contributed by atoms with Crippen molar-refractivity contribution in [1.82, 2.24) is 25.8 Å². The Bertz CT molecular complexity index is 1340. The van der Waals surface area contributed by atoms with Crippen molar-refractivity contribution in [2.45, 2.75) is 123 Å². The molecule has 1 aromatic rings. The van der Waals surface area contributed by atoms with Crippen LogP contribution in [0.2, 0.25) is 0 Å². The summed E-state index contributed by atoms with van der Waals surface area (Å²) in [6, 6.07) is 5.11. The molecule has 0 spiro atoms. The third-order valence-corrected chi connectivity index (χ3v) is 8.43. The molecule has 2 saturated heterocycles. The highest BCUT2D eigenvalue weighted by Gasteiger charge is 2.39. The minimum absolute atomic E-state index is 0.0366. The van der Waals surface area contributed by atoms with Crippen molar-refractivity contribution in [3.8, 4) is 0 Å². The molecule has 0 aromatic heterocycles. The standard InChI is InChI=1S/C36H55N5O9/c1-22(2)18-27(38-33(46)28-14-11-17-41(28)35(48)49-21-24-12-9-8-10-13-24)32(45)37-26(15-16-29(43)50-36(5,6)7)31(44)39-30(23(3)4)34(47)40-19-25(42)20-40/h8-10,12-13,22-23,25-28,30,42H,11,14-21H2,1-7H3,(H,37,45)(H,38,46)(H,39,44)/t26-,27-,28-,30-/m0/s1. The molecule has 0 bridgehead atoms. The fourth-order valence-corrected chi connectivity index (χ4v) is 5.83. The minimum Gasteiger partial charge on any atom is -0.460 e. The van der Waals surface area contributed by atoms with E-state index >= 15 is 0 Å². The van der Waals surface area contributed by atoms with Gasteiger partial charge in [0, 0.05) is 26.1 Å². The zero-order chi connectivity index (χ0) is 37.2. The van der Waals surface area contributed by atoms with Gasteiger partial charge in [0.25, 0.3) is 0 Å². The Hall–Kier alpha value is -4.20. The molecule has 2 aliphatic rings. The number of ether oxygens (including phenoxy) is 2. The molecule has 14 heteroatoms. The molecule has 3 rings (SSSR count). The molecule has 0 aliphatic carbocycles. The summed E-state index contributed by atoms with van der Waals surface area (Å²) in [5.74, 6) is -3.11. The number of nitrogens with zero attached hydrogens (tertiary/aromatic N) is 2. The van der Waals surface area contributed by atoms with E-state index in [2.05, 4.69) is 16.0 Å². The largest absolute Gasteiger partial charge is 0.460 e. The van der Waals surface area contributed by atoms with E-state index in [9.17, 15) is 33.9 Å². The van der Waals surface area contributed by atoms with Crippen LogP contribution in [0, 0.1) is 11.8 Å². The fraction of sp³-hybridized carbons (Fsp3) is 0.667. The van der Waals surface area contributed by atoms with Crippen LogP contribution < -0.4 is 16.0 Å². The predicted molar refractivity (Wildman–Crippen MR) is 184 cm³/mol. The molecular formula is C36H55N5O9. The topological polar surface area (TPSA) is 184 Å². The maximum atomic E-state index is 13.8. The summed E-state index contributed by atoms with van der Waals surface area (Å²) in [6.45, 7) is 13.2. The Morgan fingerprint density at radius 2 is 1.56 bits per heavy atom. The first-order valence-electron chi connectivity index (χ1n) is 17.5. The number of rotatable bonds is 15. The van der Waals surface area contributed by atoms with E-state index in [1.165, 1.54) is 9.80 Å². The Morgan fingerprint density at radius 3 is 2.14 bits per heavy atom. The highest BCUT2D eigenvalue weighted by Crippen LogP contribution is 2.21. The molecule has 278 valence electrons. The Balaban J connectivity index is 1.73. The van der Waals surface area contributed by atoms with Crippen molar-refractivity contribution >= 4 is 35.7 Å². The summed E-state index contributed by atoms with van der Waals surface area (Å²) in [5, 5.41) is 17.9. The highest BCUT2D eigenvalue weighted by molar-refractivity contribution is 5.95. The second-order valence-corrected chi connectivity index (χ2v) is 14.9. The SMILES string of the molecule is CC(C)C[C@H](NC(=O)[C@@H]1CCCN1C(=O)OCc1ccccc1)C(=O)N[C@@H](CCC(=O)OC(C)(C)C)C(=O)N[C@H](C(=O)N1CC(O)C1)C(C)C. The van der Waals surface area contributed by atoms with Crippen molar-refractivity contribution in [3.63, 3.8) is 0 Å². The van der Waals surface area contributed by atoms with Crippen LogP contribution in [0.5, 0.6) is 0 Å². The Morgan fingerprint density at radius 1 is 0.920 bits per heavy atom. The molecule has 50 heavy (non-hydrogen) atoms. The molecular weight excluding hydrogens is 646 g/mol. The van der Waals surface area contributed by atoms with Crippen molar-refractivity contribution in [1.29, 1.82) is 0 Å². The van der Waals surface area contributed by atoms with Gasteiger partial charge in [0.2, 0.25) is 23.6 Å². The first-order valence-corrected chi connectivity index (χ1v) is 17.5. The van der Waals surface area contributed by atoms with Gasteiger partial charge in [-0.25, -0.2) is 4.79 Å². The van der Waals surface area contributed by atoms with Crippen LogP contribution in [0.15, 0.2) is 30.3 Å². The first-order chi connectivity index (χ1) is 23.4. The molecule has 14 nitrogen and oxygen atoms in total. The van der Waals surface area contributed by atoms with Crippen molar-refractivity contribution in [3.05, 3.63) is 35.9 Å². The summed E-state index contributed by atoms with van der Waals surface area (Å²) in [4.78, 5) is 82.6. The number of hydrogen-bond donors (Lipinski definition) is 4. The number of likely N-dealkylation sites (tertiary alicyclic amines) is 2. The summed E-state index contributed by atoms with van der Waals surface area (Å²) < 4.78 is 10.9. The van der Waals surface area contributed by atoms with Gasteiger partial charge in [-0.2, -0.15) is 0 Å². The summed E-state index contributed by atoms with van der Waals surface area (Å²) in [5.41, 5.74) is 0.0485. The van der Waals surface area contributed by atoms with Gasteiger partial charge in [-0.1, -0.05) is 58.0 Å². The monoisotopic (exact) mass is 701 g/mol. The predicted octanol–water partition coefficient (Wildman–Crippen LogP) is 2.27. The molecule has 5 amide bonds. The van der Waals surface area contributed by atoms with Gasteiger partial charge in [-0.05, 0) is 63.9 Å². The Kier molecular flexibility index (Phi) is 14.6. The lowest BCUT2D eigenvalue weighted by atomic mass is 9.99. The second-order valence-electron chi connectivity index (χ2n) is 14.9. The third kappa shape index (κ3) is 12.3. The summed E-state index contributed by atoms with van der Waals surface area (Å²) >= 11 is 0. The maximum Gasteiger partial charge on any atom is 0.410 e. The van der Waals surface area contributed by atoms with Gasteiger partial charge in [0.15, 0.2) is 0 Å². The number of esters is 1. The van der Waals surface area contributed by atoms with Gasteiger partial charge in [0.1, 0.15) is 36.4 Å². The lowest BCUT2D eigenvalue weighted by Gasteiger charge is -2.39. The molecule has 0 radical (unpaired) electrons. The summed E-state index contributed by atoms with van der Waals surface area (Å²) in [6.07, 6.45) is -0.365. The van der Waals surface area contributed by atoms with Crippen molar-refractivity contribution in [2.24, 2.45) is 11.8 Å². The Labute approximate surface area is 295 Å². The highest BCUT2D eigenvalue weighted by atomic mass is 16.6. The quantitative estimate of drug-likeness (QED) is 0.199. The van der Waals surface area contributed by atoms with Crippen molar-refractivity contribution < 1.29 is 43.3 Å². The number of carbonyl (C=O) groups is 6. The van der Waals surface area contributed by atoms with Gasteiger partial charge in [-0.15, -0.1) is 0 Å². The third-order valence-electron chi connectivity index (χ3n) is 8.43. The first kappa shape index (κ1) is 40.2. The van der Waals surface area contributed by atoms with Crippen molar-refractivity contribution in [2.75, 3.05) is 19.6 Å². The average Bonchev–Trinajstić information content (AvgIpc) is 3.52. The van der Waals surface area contributed by atoms with Crippen LogP contribution in [0.1, 0.15) is 86.1 Å². The number of hydrogen-bond acceptors (Lipinski definition) is 9. The fourth-order valence-electron chi connectivity index (χ4n) is 5.83. The maximum absolute atomic E-state index is 13.8. The molecule has 4 N–H and O–H groups in total. The number of aliphatic hydroxyl groups is 1. The average molecular weight is 702 g/mol. The number of β-amino-alcohol motifs (C(OH)–C–C–N with tert-alkyl or cyclic N) is 1. The number of benzene rings is 1. The number of nitrogens with one attached hydrogen (secondary N) is 3. The van der Waals surface area contributed by atoms with E-state index in [1.807, 2.05) is 44.2 Å². The van der Waals surface area contributed by atoms with Gasteiger partial charge in [0.05, 0.1) is 6.10 Å². The normalized spacial score (nSPS) is 18.2. The zero-order valence-electron chi connectivity index (χ0n) is 30.4. The molecule has 2 aliphatic heterocycles.